The summed E-state index contributed by atoms with van der Waals surface area (Å²) in [5, 5.41) is 34.2. The van der Waals surface area contributed by atoms with Gasteiger partial charge in [0.05, 0.1) is 23.0 Å². The lowest BCUT2D eigenvalue weighted by atomic mass is 9.82. The number of hydrogen-bond acceptors (Lipinski definition) is 4. The van der Waals surface area contributed by atoms with Gasteiger partial charge in [-0.2, -0.15) is 0 Å². The first-order valence-corrected chi connectivity index (χ1v) is 7.24. The average molecular weight is 338 g/mol. The van der Waals surface area contributed by atoms with E-state index in [-0.39, 0.29) is 23.0 Å². The normalized spacial score (nSPS) is 19.5. The first-order chi connectivity index (χ1) is 11.2. The van der Waals surface area contributed by atoms with Crippen LogP contribution in [0.5, 0.6) is 0 Å². The van der Waals surface area contributed by atoms with Crippen molar-refractivity contribution in [3.8, 4) is 0 Å². The maximum Gasteiger partial charge on any atom is 0.335 e. The van der Waals surface area contributed by atoms with Crippen molar-refractivity contribution in [2.24, 2.45) is 11.8 Å². The van der Waals surface area contributed by atoms with Crippen LogP contribution >= 0.6 is 0 Å². The van der Waals surface area contributed by atoms with Crippen molar-refractivity contribution >= 4 is 23.9 Å². The van der Waals surface area contributed by atoms with Crippen molar-refractivity contribution in [3.63, 3.8) is 0 Å². The third-order valence-electron chi connectivity index (χ3n) is 3.80. The highest BCUT2D eigenvalue weighted by Gasteiger charge is 2.29. The monoisotopic (exact) mass is 338 g/mol. The van der Waals surface area contributed by atoms with E-state index in [2.05, 4.69) is 0 Å². The van der Waals surface area contributed by atoms with Crippen LogP contribution in [0.25, 0.3) is 0 Å². The SMILES string of the molecule is O=C(O)C1CCC(C(=O)O)CC1.O=C(O)c1ccc(C(=O)O)cc1. The summed E-state index contributed by atoms with van der Waals surface area (Å²) in [7, 11) is 0. The third-order valence-corrected chi connectivity index (χ3v) is 3.80. The molecule has 1 aliphatic carbocycles. The molecule has 0 atom stereocenters. The van der Waals surface area contributed by atoms with Gasteiger partial charge in [-0.1, -0.05) is 0 Å². The first kappa shape index (κ1) is 19.1. The van der Waals surface area contributed by atoms with E-state index in [0.717, 1.165) is 0 Å². The Morgan fingerprint density at radius 1 is 0.625 bits per heavy atom. The molecule has 8 nitrogen and oxygen atoms in total. The Morgan fingerprint density at radius 2 is 0.875 bits per heavy atom. The zero-order valence-electron chi connectivity index (χ0n) is 12.7. The second kappa shape index (κ2) is 8.66. The molecule has 0 radical (unpaired) electrons. The van der Waals surface area contributed by atoms with E-state index in [1.807, 2.05) is 0 Å². The highest BCUT2D eigenvalue weighted by molar-refractivity contribution is 5.91. The molecule has 8 heteroatoms. The Hall–Kier alpha value is -2.90. The number of carboxylic acid groups (broad SMARTS) is 4. The molecule has 130 valence electrons. The van der Waals surface area contributed by atoms with E-state index >= 15 is 0 Å². The maximum atomic E-state index is 10.5. The summed E-state index contributed by atoms with van der Waals surface area (Å²) in [6.07, 6.45) is 2.03. The van der Waals surface area contributed by atoms with Gasteiger partial charge in [0.15, 0.2) is 0 Å². The summed E-state index contributed by atoms with van der Waals surface area (Å²) in [5.74, 6) is -4.35. The highest BCUT2D eigenvalue weighted by Crippen LogP contribution is 2.28. The van der Waals surface area contributed by atoms with Crippen molar-refractivity contribution in [1.82, 2.24) is 0 Å². The smallest absolute Gasteiger partial charge is 0.335 e. The number of carboxylic acids is 4. The Morgan fingerprint density at radius 3 is 1.04 bits per heavy atom. The third kappa shape index (κ3) is 5.71. The molecule has 1 saturated carbocycles. The lowest BCUT2D eigenvalue weighted by molar-refractivity contribution is -0.148. The molecule has 0 aliphatic heterocycles. The number of aliphatic carboxylic acids is 2. The van der Waals surface area contributed by atoms with E-state index in [9.17, 15) is 19.2 Å². The van der Waals surface area contributed by atoms with E-state index in [4.69, 9.17) is 20.4 Å². The molecule has 1 aliphatic rings. The Kier molecular flexibility index (Phi) is 6.91. The van der Waals surface area contributed by atoms with Gasteiger partial charge in [-0.05, 0) is 49.9 Å². The summed E-state index contributed by atoms with van der Waals surface area (Å²) in [5.41, 5.74) is 0.167. The van der Waals surface area contributed by atoms with Crippen LogP contribution in [0, 0.1) is 11.8 Å². The highest BCUT2D eigenvalue weighted by atomic mass is 16.4. The molecule has 0 aromatic heterocycles. The molecule has 0 spiro atoms. The molecule has 1 aromatic carbocycles. The number of carbonyl (C=O) groups is 4. The van der Waals surface area contributed by atoms with Crippen molar-refractivity contribution in [1.29, 1.82) is 0 Å². The second-order valence-electron chi connectivity index (χ2n) is 5.41. The van der Waals surface area contributed by atoms with Gasteiger partial charge in [-0.3, -0.25) is 9.59 Å². The lowest BCUT2D eigenvalue weighted by Gasteiger charge is -2.22. The minimum atomic E-state index is -1.06. The Bertz CT molecular complexity index is 556. The predicted molar refractivity (Wildman–Crippen MR) is 81.1 cm³/mol. The van der Waals surface area contributed by atoms with Crippen LogP contribution in [0.1, 0.15) is 46.4 Å². The molecule has 0 heterocycles. The zero-order valence-corrected chi connectivity index (χ0v) is 12.7. The van der Waals surface area contributed by atoms with Gasteiger partial charge in [0.25, 0.3) is 0 Å². The fourth-order valence-electron chi connectivity index (χ4n) is 2.34. The van der Waals surface area contributed by atoms with Crippen LogP contribution in [-0.4, -0.2) is 44.3 Å². The van der Waals surface area contributed by atoms with E-state index < -0.39 is 23.9 Å². The molecular formula is C16H18O8. The minimum Gasteiger partial charge on any atom is -0.481 e. The Balaban J connectivity index is 0.000000240. The molecule has 24 heavy (non-hydrogen) atoms. The van der Waals surface area contributed by atoms with Gasteiger partial charge in [0.1, 0.15) is 0 Å². The van der Waals surface area contributed by atoms with Crippen LogP contribution in [0.15, 0.2) is 24.3 Å². The van der Waals surface area contributed by atoms with E-state index in [1.165, 1.54) is 24.3 Å². The molecule has 1 fully saturated rings. The summed E-state index contributed by atoms with van der Waals surface area (Å²) < 4.78 is 0. The molecule has 0 amide bonds. The summed E-state index contributed by atoms with van der Waals surface area (Å²) >= 11 is 0. The van der Waals surface area contributed by atoms with Crippen molar-refractivity contribution in [3.05, 3.63) is 35.4 Å². The minimum absolute atomic E-state index is 0.0833. The summed E-state index contributed by atoms with van der Waals surface area (Å²) in [6, 6.07) is 5.02. The molecule has 0 bridgehead atoms. The fraction of sp³-hybridized carbons (Fsp3) is 0.375. The standard InChI is InChI=1S/C8H12O4.C8H6O4/c2*9-7(10)5-1-2-6(4-3-5)8(11)12/h5-6H,1-4H2,(H,9,10)(H,11,12);1-4H,(H,9,10)(H,11,12). The van der Waals surface area contributed by atoms with Crippen LogP contribution < -0.4 is 0 Å². The van der Waals surface area contributed by atoms with Crippen molar-refractivity contribution < 1.29 is 39.6 Å². The zero-order chi connectivity index (χ0) is 18.3. The maximum absolute atomic E-state index is 10.5. The van der Waals surface area contributed by atoms with Crippen molar-refractivity contribution in [2.45, 2.75) is 25.7 Å². The molecular weight excluding hydrogens is 320 g/mol. The lowest BCUT2D eigenvalue weighted by Crippen LogP contribution is -2.25. The van der Waals surface area contributed by atoms with Crippen LogP contribution in [-0.2, 0) is 9.59 Å². The van der Waals surface area contributed by atoms with Crippen molar-refractivity contribution in [2.75, 3.05) is 0 Å². The summed E-state index contributed by atoms with van der Waals surface area (Å²) in [4.78, 5) is 41.6. The quantitative estimate of drug-likeness (QED) is 0.651. The molecule has 0 unspecified atom stereocenters. The van der Waals surface area contributed by atoms with Gasteiger partial charge in [0.2, 0.25) is 0 Å². The fourth-order valence-corrected chi connectivity index (χ4v) is 2.34. The molecule has 1 aromatic rings. The van der Waals surface area contributed by atoms with Gasteiger partial charge < -0.3 is 20.4 Å². The van der Waals surface area contributed by atoms with Crippen LogP contribution in [0.3, 0.4) is 0 Å². The second-order valence-corrected chi connectivity index (χ2v) is 5.41. The van der Waals surface area contributed by atoms with Gasteiger partial charge in [-0.25, -0.2) is 9.59 Å². The molecule has 4 N–H and O–H groups in total. The number of rotatable bonds is 4. The molecule has 0 saturated heterocycles. The number of hydrogen-bond donors (Lipinski definition) is 4. The Labute approximate surface area is 137 Å². The largest absolute Gasteiger partial charge is 0.481 e. The van der Waals surface area contributed by atoms with E-state index in [1.54, 1.807) is 0 Å². The predicted octanol–water partition coefficient (Wildman–Crippen LogP) is 2.04. The summed E-state index contributed by atoms with van der Waals surface area (Å²) in [6.45, 7) is 0. The number of aromatic carboxylic acids is 2. The van der Waals surface area contributed by atoms with Crippen LogP contribution in [0.2, 0.25) is 0 Å². The average Bonchev–Trinajstić information content (AvgIpc) is 2.55. The van der Waals surface area contributed by atoms with Gasteiger partial charge in [0, 0.05) is 0 Å². The van der Waals surface area contributed by atoms with Crippen LogP contribution in [0.4, 0.5) is 0 Å². The van der Waals surface area contributed by atoms with Gasteiger partial charge >= 0.3 is 23.9 Å². The van der Waals surface area contributed by atoms with E-state index in [0.29, 0.717) is 25.7 Å². The molecule has 2 rings (SSSR count). The van der Waals surface area contributed by atoms with Gasteiger partial charge in [-0.15, -0.1) is 0 Å². The number of benzene rings is 1. The topological polar surface area (TPSA) is 149 Å². The first-order valence-electron chi connectivity index (χ1n) is 7.24.